The van der Waals surface area contributed by atoms with Crippen LogP contribution >= 0.6 is 11.6 Å². The fraction of sp³-hybridized carbons (Fsp3) is 0.143. The standard InChI is InChI=1S/C28H26N6O.C7H5ClO3/c1-32-15-17-33(18-16-32)21-13-11-20(12-14-21)30-28-29-19-24-26(31-28)23-9-5-6-10-25(23)34(27(24)35)22-7-3-2-4-8-22;8-6-3-1-2-5(4-6)7(9)11-10/h2-14,19H,15-18H2,1H3,(H,29,30,31);1-4,10H. The van der Waals surface area contributed by atoms with Crippen LogP contribution in [0.1, 0.15) is 10.4 Å². The summed E-state index contributed by atoms with van der Waals surface area (Å²) in [6.45, 7) is 4.21. The fourth-order valence-corrected chi connectivity index (χ4v) is 5.54. The lowest BCUT2D eigenvalue weighted by Crippen LogP contribution is -2.44. The highest BCUT2D eigenvalue weighted by Gasteiger charge is 2.16. The molecule has 11 heteroatoms. The summed E-state index contributed by atoms with van der Waals surface area (Å²) in [5, 5.41) is 13.1. The molecule has 2 aromatic heterocycles. The quantitative estimate of drug-likeness (QED) is 0.126. The number of aromatic nitrogens is 3. The molecule has 1 fully saturated rings. The molecule has 0 aliphatic carbocycles. The van der Waals surface area contributed by atoms with E-state index in [9.17, 15) is 9.59 Å². The first-order chi connectivity index (χ1) is 22.4. The van der Waals surface area contributed by atoms with Crippen molar-refractivity contribution in [2.45, 2.75) is 0 Å². The van der Waals surface area contributed by atoms with Gasteiger partial charge >= 0.3 is 5.97 Å². The lowest BCUT2D eigenvalue weighted by Gasteiger charge is -2.34. The van der Waals surface area contributed by atoms with Crippen LogP contribution in [0.3, 0.4) is 0 Å². The molecule has 1 aliphatic rings. The van der Waals surface area contributed by atoms with Crippen molar-refractivity contribution in [3.8, 4) is 5.69 Å². The number of hydrogen-bond acceptors (Lipinski definition) is 9. The van der Waals surface area contributed by atoms with Gasteiger partial charge in [0.1, 0.15) is 0 Å². The van der Waals surface area contributed by atoms with Crippen LogP contribution in [0.2, 0.25) is 5.02 Å². The molecule has 0 bridgehead atoms. The molecule has 0 radical (unpaired) electrons. The molecule has 0 unspecified atom stereocenters. The summed E-state index contributed by atoms with van der Waals surface area (Å²) in [6, 6.07) is 32.0. The number of rotatable bonds is 5. The van der Waals surface area contributed by atoms with Gasteiger partial charge in [0.25, 0.3) is 5.56 Å². The maximum atomic E-state index is 13.5. The predicted octanol–water partition coefficient (Wildman–Crippen LogP) is 6.40. The summed E-state index contributed by atoms with van der Waals surface area (Å²) in [7, 11) is 2.16. The Hall–Kier alpha value is -5.29. The summed E-state index contributed by atoms with van der Waals surface area (Å²) in [4.78, 5) is 41.6. The van der Waals surface area contributed by atoms with E-state index in [0.717, 1.165) is 48.5 Å². The summed E-state index contributed by atoms with van der Waals surface area (Å²) in [6.07, 6.45) is 1.62. The van der Waals surface area contributed by atoms with Crippen molar-refractivity contribution >= 4 is 56.7 Å². The van der Waals surface area contributed by atoms with Crippen LogP contribution in [0.5, 0.6) is 0 Å². The highest BCUT2D eigenvalue weighted by atomic mass is 35.5. The van der Waals surface area contributed by atoms with E-state index in [4.69, 9.17) is 21.8 Å². The summed E-state index contributed by atoms with van der Waals surface area (Å²) in [5.41, 5.74) is 4.49. The Bertz CT molecular complexity index is 2050. The number of likely N-dealkylation sites (N-methyl/N-ethyl adjacent to an activating group) is 1. The molecule has 2 N–H and O–H groups in total. The van der Waals surface area contributed by atoms with Gasteiger partial charge in [-0.25, -0.2) is 14.8 Å². The van der Waals surface area contributed by atoms with Crippen LogP contribution in [0.4, 0.5) is 17.3 Å². The second-order valence-corrected chi connectivity index (χ2v) is 11.2. The van der Waals surface area contributed by atoms with E-state index in [1.807, 2.05) is 66.7 Å². The number of para-hydroxylation sites is 2. The molecular weight excluding hydrogens is 604 g/mol. The van der Waals surface area contributed by atoms with Gasteiger partial charge < -0.3 is 15.1 Å². The second kappa shape index (κ2) is 13.8. The topological polar surface area (TPSA) is 113 Å². The number of nitrogens with one attached hydrogen (secondary N) is 1. The molecule has 6 aromatic rings. The van der Waals surface area contributed by atoms with E-state index in [2.05, 4.69) is 44.2 Å². The first-order valence-corrected chi connectivity index (χ1v) is 15.1. The Morgan fingerprint density at radius 2 is 1.57 bits per heavy atom. The van der Waals surface area contributed by atoms with Crippen molar-refractivity contribution in [1.29, 1.82) is 0 Å². The number of hydrogen-bond donors (Lipinski definition) is 2. The number of halogens is 1. The average Bonchev–Trinajstić information content (AvgIpc) is 3.09. The zero-order chi connectivity index (χ0) is 32.0. The summed E-state index contributed by atoms with van der Waals surface area (Å²) in [5.74, 6) is -0.348. The monoisotopic (exact) mass is 634 g/mol. The van der Waals surface area contributed by atoms with Crippen molar-refractivity contribution in [2.75, 3.05) is 43.4 Å². The normalized spacial score (nSPS) is 13.2. The molecule has 0 saturated carbocycles. The highest BCUT2D eigenvalue weighted by molar-refractivity contribution is 6.30. The van der Waals surface area contributed by atoms with Crippen LogP contribution in [0, 0.1) is 0 Å². The van der Waals surface area contributed by atoms with Crippen molar-refractivity contribution < 1.29 is 14.9 Å². The highest BCUT2D eigenvalue weighted by Crippen LogP contribution is 2.26. The Morgan fingerprint density at radius 3 is 2.28 bits per heavy atom. The zero-order valence-corrected chi connectivity index (χ0v) is 25.8. The Labute approximate surface area is 270 Å². The molecule has 0 amide bonds. The number of pyridine rings is 1. The van der Waals surface area contributed by atoms with Gasteiger partial charge in [0, 0.05) is 59.8 Å². The van der Waals surface area contributed by atoms with E-state index < -0.39 is 5.97 Å². The van der Waals surface area contributed by atoms with Crippen molar-refractivity contribution in [2.24, 2.45) is 0 Å². The van der Waals surface area contributed by atoms with E-state index in [1.165, 1.54) is 17.8 Å². The third-order valence-electron chi connectivity index (χ3n) is 7.77. The Morgan fingerprint density at radius 1 is 0.848 bits per heavy atom. The molecule has 232 valence electrons. The van der Waals surface area contributed by atoms with Gasteiger partial charge in [-0.05, 0) is 67.7 Å². The van der Waals surface area contributed by atoms with Gasteiger partial charge in [0.05, 0.1) is 22.0 Å². The zero-order valence-electron chi connectivity index (χ0n) is 25.0. The number of fused-ring (bicyclic) bond motifs is 3. The summed E-state index contributed by atoms with van der Waals surface area (Å²) < 4.78 is 1.73. The van der Waals surface area contributed by atoms with Crippen molar-refractivity contribution in [3.63, 3.8) is 0 Å². The number of piperazine rings is 1. The maximum Gasteiger partial charge on any atom is 0.372 e. The minimum atomic E-state index is -0.813. The first-order valence-electron chi connectivity index (χ1n) is 14.7. The fourth-order valence-electron chi connectivity index (χ4n) is 5.35. The van der Waals surface area contributed by atoms with Gasteiger partial charge in [-0.2, -0.15) is 5.26 Å². The van der Waals surface area contributed by atoms with E-state index >= 15 is 0 Å². The number of benzene rings is 4. The smallest absolute Gasteiger partial charge is 0.369 e. The second-order valence-electron chi connectivity index (χ2n) is 10.8. The van der Waals surface area contributed by atoms with Gasteiger partial charge in [-0.15, -0.1) is 0 Å². The van der Waals surface area contributed by atoms with Gasteiger partial charge in [0.15, 0.2) is 0 Å². The molecule has 7 rings (SSSR count). The largest absolute Gasteiger partial charge is 0.372 e. The molecule has 1 aliphatic heterocycles. The molecule has 4 aromatic carbocycles. The molecule has 10 nitrogen and oxygen atoms in total. The molecule has 0 atom stereocenters. The minimum Gasteiger partial charge on any atom is -0.369 e. The van der Waals surface area contributed by atoms with Crippen LogP contribution in [0.25, 0.3) is 27.5 Å². The van der Waals surface area contributed by atoms with E-state index in [0.29, 0.717) is 21.9 Å². The SMILES string of the molecule is CN1CCN(c2ccc(Nc3ncc4c(=O)n(-c5ccccc5)c5ccccc5c4n3)cc2)CC1.O=C(OO)c1cccc(Cl)c1. The van der Waals surface area contributed by atoms with Crippen LogP contribution < -0.4 is 15.8 Å². The predicted molar refractivity (Wildman–Crippen MR) is 182 cm³/mol. The molecule has 3 heterocycles. The van der Waals surface area contributed by atoms with Gasteiger partial charge in [0.2, 0.25) is 5.95 Å². The van der Waals surface area contributed by atoms with Crippen molar-refractivity contribution in [3.05, 3.63) is 130 Å². The summed E-state index contributed by atoms with van der Waals surface area (Å²) >= 11 is 5.56. The van der Waals surface area contributed by atoms with Gasteiger partial charge in [-0.1, -0.05) is 54.1 Å². The molecule has 46 heavy (non-hydrogen) atoms. The number of anilines is 3. The van der Waals surface area contributed by atoms with Crippen LogP contribution in [0.15, 0.2) is 114 Å². The Kier molecular flexibility index (Phi) is 9.20. The average molecular weight is 635 g/mol. The molecule has 1 saturated heterocycles. The first kappa shape index (κ1) is 30.7. The number of carbonyl (C=O) groups excluding carboxylic acids is 1. The third-order valence-corrected chi connectivity index (χ3v) is 8.01. The lowest BCUT2D eigenvalue weighted by atomic mass is 10.1. The van der Waals surface area contributed by atoms with Crippen molar-refractivity contribution in [1.82, 2.24) is 19.4 Å². The number of carbonyl (C=O) groups is 1. The van der Waals surface area contributed by atoms with E-state index in [-0.39, 0.29) is 11.1 Å². The molecule has 0 spiro atoms. The third kappa shape index (κ3) is 6.69. The lowest BCUT2D eigenvalue weighted by molar-refractivity contribution is -0.182. The number of nitrogens with zero attached hydrogens (tertiary/aromatic N) is 5. The Balaban J connectivity index is 0.000000288. The van der Waals surface area contributed by atoms with Crippen LogP contribution in [-0.4, -0.2) is 63.9 Å². The molecular formula is C35H31ClN6O4. The maximum absolute atomic E-state index is 13.5. The van der Waals surface area contributed by atoms with Gasteiger partial charge in [-0.3, -0.25) is 14.2 Å². The minimum absolute atomic E-state index is 0.132. The van der Waals surface area contributed by atoms with E-state index in [1.54, 1.807) is 22.9 Å². The van der Waals surface area contributed by atoms with Crippen LogP contribution in [-0.2, 0) is 4.89 Å².